The van der Waals surface area contributed by atoms with Gasteiger partial charge < -0.3 is 0 Å². The second kappa shape index (κ2) is 2.42. The normalized spacial score (nSPS) is 31.8. The molecular weight excluding hydrogens is 144 g/mol. The lowest BCUT2D eigenvalue weighted by Crippen LogP contribution is -2.03. The number of carbonyl (C=O) groups excluding carboxylic acids is 1. The molecule has 0 aromatic heterocycles. The highest BCUT2D eigenvalue weighted by molar-refractivity contribution is 8.14. The fourth-order valence-corrected chi connectivity index (χ4v) is 2.61. The molecule has 2 heterocycles. The first kappa shape index (κ1) is 6.47. The molecule has 1 aliphatic carbocycles. The average Bonchev–Trinajstić information content (AvgIpc) is 2.17. The molecule has 0 amide bonds. The lowest BCUT2D eigenvalue weighted by molar-refractivity contribution is -0.110. The van der Waals surface area contributed by atoms with Crippen molar-refractivity contribution in [2.24, 2.45) is 0 Å². The molecule has 3 rings (SSSR count). The SMILES string of the molecule is O=C1CC2=CCC(CC2)S1. The highest BCUT2D eigenvalue weighted by atomic mass is 32.2. The fourth-order valence-electron chi connectivity index (χ4n) is 1.54. The number of carbonyl (C=O) groups is 1. The Morgan fingerprint density at radius 2 is 2.50 bits per heavy atom. The van der Waals surface area contributed by atoms with Crippen molar-refractivity contribution in [3.8, 4) is 0 Å². The Hall–Kier alpha value is -0.240. The van der Waals surface area contributed by atoms with E-state index in [-0.39, 0.29) is 0 Å². The minimum absolute atomic E-state index is 0.381. The lowest BCUT2D eigenvalue weighted by atomic mass is 9.98. The van der Waals surface area contributed by atoms with Crippen molar-refractivity contribution in [3.05, 3.63) is 11.6 Å². The van der Waals surface area contributed by atoms with Crippen LogP contribution in [-0.4, -0.2) is 10.4 Å². The molecule has 2 aliphatic heterocycles. The van der Waals surface area contributed by atoms with Crippen molar-refractivity contribution in [1.82, 2.24) is 0 Å². The van der Waals surface area contributed by atoms with E-state index in [1.165, 1.54) is 18.4 Å². The Labute approximate surface area is 64.9 Å². The number of hydrogen-bond donors (Lipinski definition) is 0. The van der Waals surface area contributed by atoms with Crippen LogP contribution in [0.1, 0.15) is 25.7 Å². The molecule has 0 aromatic carbocycles. The molecule has 3 aliphatic rings. The van der Waals surface area contributed by atoms with Crippen molar-refractivity contribution in [2.75, 3.05) is 0 Å². The van der Waals surface area contributed by atoms with Gasteiger partial charge in [-0.05, 0) is 19.3 Å². The maximum Gasteiger partial charge on any atom is 0.193 e. The molecule has 1 unspecified atom stereocenters. The summed E-state index contributed by atoms with van der Waals surface area (Å²) in [5, 5.41) is 0.991. The molecule has 1 atom stereocenters. The van der Waals surface area contributed by atoms with Crippen LogP contribution >= 0.6 is 11.8 Å². The third kappa shape index (κ3) is 1.12. The van der Waals surface area contributed by atoms with Crippen LogP contribution in [0.15, 0.2) is 11.6 Å². The Kier molecular flexibility index (Phi) is 1.57. The van der Waals surface area contributed by atoms with E-state index in [1.54, 1.807) is 11.8 Å². The van der Waals surface area contributed by atoms with Crippen molar-refractivity contribution in [2.45, 2.75) is 30.9 Å². The van der Waals surface area contributed by atoms with E-state index in [0.717, 1.165) is 12.8 Å². The van der Waals surface area contributed by atoms with Gasteiger partial charge in [-0.25, -0.2) is 0 Å². The van der Waals surface area contributed by atoms with Crippen LogP contribution in [0, 0.1) is 0 Å². The topological polar surface area (TPSA) is 17.1 Å². The quantitative estimate of drug-likeness (QED) is 0.497. The second-order valence-corrected chi connectivity index (χ2v) is 4.28. The van der Waals surface area contributed by atoms with Crippen LogP contribution in [0.3, 0.4) is 0 Å². The first-order valence-electron chi connectivity index (χ1n) is 3.72. The Morgan fingerprint density at radius 1 is 1.60 bits per heavy atom. The van der Waals surface area contributed by atoms with Gasteiger partial charge in [0, 0.05) is 11.7 Å². The van der Waals surface area contributed by atoms with E-state index in [4.69, 9.17) is 0 Å². The van der Waals surface area contributed by atoms with Crippen molar-refractivity contribution < 1.29 is 4.79 Å². The highest BCUT2D eigenvalue weighted by Gasteiger charge is 2.23. The zero-order valence-corrected chi connectivity index (χ0v) is 6.62. The van der Waals surface area contributed by atoms with E-state index < -0.39 is 0 Å². The van der Waals surface area contributed by atoms with E-state index in [9.17, 15) is 4.79 Å². The maximum atomic E-state index is 11.1. The summed E-state index contributed by atoms with van der Waals surface area (Å²) in [6.45, 7) is 0. The Balaban J connectivity index is 2.23. The van der Waals surface area contributed by atoms with E-state index >= 15 is 0 Å². The van der Waals surface area contributed by atoms with Gasteiger partial charge in [0.2, 0.25) is 0 Å². The first-order valence-corrected chi connectivity index (χ1v) is 4.60. The average molecular weight is 154 g/mol. The number of rotatable bonds is 0. The molecule has 1 nitrogen and oxygen atoms in total. The summed E-state index contributed by atoms with van der Waals surface area (Å²) in [5.41, 5.74) is 1.38. The van der Waals surface area contributed by atoms with Gasteiger partial charge in [0.05, 0.1) is 0 Å². The number of thioether (sulfide) groups is 1. The molecule has 1 fully saturated rings. The largest absolute Gasteiger partial charge is 0.287 e. The smallest absolute Gasteiger partial charge is 0.193 e. The molecule has 54 valence electrons. The standard InChI is InChI=1S/C8H10OS/c9-8-5-6-1-3-7(10-8)4-2-6/h1,7H,2-5H2. The molecule has 0 saturated carbocycles. The van der Waals surface area contributed by atoms with Crippen molar-refractivity contribution in [3.63, 3.8) is 0 Å². The van der Waals surface area contributed by atoms with Gasteiger partial charge in [0.15, 0.2) is 5.12 Å². The minimum atomic E-state index is 0.381. The van der Waals surface area contributed by atoms with Crippen LogP contribution in [0.4, 0.5) is 0 Å². The molecular formula is C8H10OS. The molecule has 2 heteroatoms. The van der Waals surface area contributed by atoms with Crippen LogP contribution in [-0.2, 0) is 4.79 Å². The van der Waals surface area contributed by atoms with Crippen LogP contribution in [0.25, 0.3) is 0 Å². The first-order chi connectivity index (χ1) is 4.84. The van der Waals surface area contributed by atoms with Gasteiger partial charge in [0.1, 0.15) is 0 Å². The van der Waals surface area contributed by atoms with Gasteiger partial charge in [0.25, 0.3) is 0 Å². The van der Waals surface area contributed by atoms with Gasteiger partial charge in [-0.3, -0.25) is 4.79 Å². The number of allylic oxidation sites excluding steroid dienone is 2. The van der Waals surface area contributed by atoms with Gasteiger partial charge in [-0.1, -0.05) is 23.4 Å². The summed E-state index contributed by atoms with van der Waals surface area (Å²) >= 11 is 1.56. The summed E-state index contributed by atoms with van der Waals surface area (Å²) in [6.07, 6.45) is 6.50. The third-order valence-electron chi connectivity index (χ3n) is 2.13. The van der Waals surface area contributed by atoms with Crippen LogP contribution in [0.2, 0.25) is 0 Å². The summed E-state index contributed by atoms with van der Waals surface area (Å²) in [5.74, 6) is 0. The van der Waals surface area contributed by atoms with Crippen LogP contribution < -0.4 is 0 Å². The lowest BCUT2D eigenvalue weighted by Gasteiger charge is -2.13. The number of fused-ring (bicyclic) bond motifs is 4. The monoisotopic (exact) mass is 154 g/mol. The Bertz CT molecular complexity index is 195. The van der Waals surface area contributed by atoms with E-state index in [0.29, 0.717) is 10.4 Å². The summed E-state index contributed by atoms with van der Waals surface area (Å²) in [7, 11) is 0. The number of hydrogen-bond acceptors (Lipinski definition) is 2. The maximum absolute atomic E-state index is 11.1. The molecule has 10 heavy (non-hydrogen) atoms. The van der Waals surface area contributed by atoms with Crippen LogP contribution in [0.5, 0.6) is 0 Å². The van der Waals surface area contributed by atoms with Crippen molar-refractivity contribution >= 4 is 16.9 Å². The molecule has 2 bridgehead atoms. The summed E-state index contributed by atoms with van der Waals surface area (Å²) < 4.78 is 0. The highest BCUT2D eigenvalue weighted by Crippen LogP contribution is 2.35. The zero-order valence-electron chi connectivity index (χ0n) is 5.80. The predicted octanol–water partition coefficient (Wildman–Crippen LogP) is 2.13. The van der Waals surface area contributed by atoms with E-state index in [2.05, 4.69) is 6.08 Å². The van der Waals surface area contributed by atoms with Gasteiger partial charge in [-0.2, -0.15) is 0 Å². The van der Waals surface area contributed by atoms with E-state index in [1.807, 2.05) is 0 Å². The van der Waals surface area contributed by atoms with Crippen molar-refractivity contribution in [1.29, 1.82) is 0 Å². The third-order valence-corrected chi connectivity index (χ3v) is 3.30. The zero-order chi connectivity index (χ0) is 6.97. The molecule has 0 radical (unpaired) electrons. The summed E-state index contributed by atoms with van der Waals surface area (Å²) in [4.78, 5) is 11.1. The minimum Gasteiger partial charge on any atom is -0.287 e. The summed E-state index contributed by atoms with van der Waals surface area (Å²) in [6, 6.07) is 0. The van der Waals surface area contributed by atoms with Gasteiger partial charge in [-0.15, -0.1) is 0 Å². The molecule has 0 N–H and O–H groups in total. The fraction of sp³-hybridized carbons (Fsp3) is 0.625. The molecule has 1 saturated heterocycles. The molecule has 0 spiro atoms. The second-order valence-electron chi connectivity index (χ2n) is 2.93. The molecule has 0 aromatic rings. The Morgan fingerprint density at radius 3 is 3.20 bits per heavy atom. The van der Waals surface area contributed by atoms with Gasteiger partial charge >= 0.3 is 0 Å². The predicted molar refractivity (Wildman–Crippen MR) is 42.9 cm³/mol.